The Hall–Kier alpha value is -7.21. The van der Waals surface area contributed by atoms with E-state index in [0.717, 1.165) is 6.92 Å². The van der Waals surface area contributed by atoms with Crippen LogP contribution in [-0.4, -0.2) is 195 Å². The molecular weight excluding hydrogens is 991 g/mol. The van der Waals surface area contributed by atoms with E-state index in [1.807, 2.05) is 0 Å². The molecule has 2 saturated heterocycles. The number of carboxylic acid groups (broad SMARTS) is 1. The van der Waals surface area contributed by atoms with Crippen LogP contribution < -0.4 is 65.9 Å². The van der Waals surface area contributed by atoms with Gasteiger partial charge in [-0.05, 0) is 78.1 Å². The number of hydrogen-bond donors (Lipinski definition) is 15. The molecule has 2 heterocycles. The van der Waals surface area contributed by atoms with Gasteiger partial charge < -0.3 is 91.0 Å². The molecule has 0 spiro atoms. The predicted octanol–water partition coefficient (Wildman–Crippen LogP) is -7.18. The zero-order valence-electron chi connectivity index (χ0n) is 43.0. The van der Waals surface area contributed by atoms with Gasteiger partial charge in [0.05, 0.1) is 18.8 Å². The minimum absolute atomic E-state index is 0.0109. The van der Waals surface area contributed by atoms with Gasteiger partial charge in [0, 0.05) is 32.5 Å². The van der Waals surface area contributed by atoms with Crippen molar-refractivity contribution in [2.45, 2.75) is 172 Å². The topological polar surface area (TPSA) is 499 Å². The Morgan fingerprint density at radius 3 is 1.59 bits per heavy atom. The Morgan fingerprint density at radius 2 is 1.09 bits per heavy atom. The van der Waals surface area contributed by atoms with Crippen LogP contribution in [0, 0.1) is 5.92 Å². The smallest absolute Gasteiger partial charge is 0.326 e. The zero-order valence-corrected chi connectivity index (χ0v) is 43.0. The number of carbonyl (C=O) groups is 12. The van der Waals surface area contributed by atoms with Crippen LogP contribution in [0.2, 0.25) is 0 Å². The lowest BCUT2D eigenvalue weighted by atomic mass is 9.97. The maximum atomic E-state index is 14.5. The standard InChI is InChI=1S/C45H77N15O15/c1-6-21(2)33(40(70)56-28(20-61)37(67)58-34(24(5)62)41(71)55-27(44(74)75)14-16-32(48)64)57-39(69)30-12-9-19-60(30)43(73)26(10-7-17-51-45(49)50)54-36(66)25(13-15-31(47)63)53-38(68)29-11-8-18-59(29)42(72)23(4)52-35(65)22(3)46/h21-30,33-34,61-62H,6-20,46H2,1-5H3,(H2,47,63)(H2,48,64)(H,52,65)(H,53,68)(H,54,66)(H,55,71)(H,56,70)(H,57,69)(H,58,67)(H,74,75)(H4,49,50,51)/t21-,22-,23-,24+,25-,26-,27-,28-,29-,30-,33-,34-/m0/s1. The highest BCUT2D eigenvalue weighted by Crippen LogP contribution is 2.22. The van der Waals surface area contributed by atoms with Crippen LogP contribution in [-0.2, 0) is 57.5 Å². The first-order valence-corrected chi connectivity index (χ1v) is 24.8. The number of carbonyl (C=O) groups excluding carboxylic acids is 11. The van der Waals surface area contributed by atoms with Crippen molar-refractivity contribution in [1.29, 1.82) is 0 Å². The lowest BCUT2D eigenvalue weighted by Crippen LogP contribution is -2.62. The van der Waals surface area contributed by atoms with Crippen molar-refractivity contribution >= 4 is 76.9 Å². The molecule has 0 aromatic heterocycles. The van der Waals surface area contributed by atoms with Crippen molar-refractivity contribution in [3.05, 3.63) is 0 Å². The van der Waals surface area contributed by atoms with Crippen molar-refractivity contribution in [3.63, 3.8) is 0 Å². The predicted molar refractivity (Wildman–Crippen MR) is 265 cm³/mol. The maximum absolute atomic E-state index is 14.5. The highest BCUT2D eigenvalue weighted by atomic mass is 16.4. The van der Waals surface area contributed by atoms with Gasteiger partial charge >= 0.3 is 5.97 Å². The Bertz CT molecular complexity index is 2110. The van der Waals surface area contributed by atoms with Gasteiger partial charge in [-0.1, -0.05) is 20.3 Å². The van der Waals surface area contributed by atoms with Crippen LogP contribution in [0.3, 0.4) is 0 Å². The molecule has 11 amide bonds. The number of aliphatic imine (C=N–C) groups is 1. The van der Waals surface area contributed by atoms with Crippen LogP contribution in [0.25, 0.3) is 0 Å². The first kappa shape index (κ1) is 63.9. The number of carboxylic acids is 1. The van der Waals surface area contributed by atoms with Crippen molar-refractivity contribution in [2.24, 2.45) is 39.6 Å². The molecule has 0 radical (unpaired) electrons. The highest BCUT2D eigenvalue weighted by Gasteiger charge is 2.42. The summed E-state index contributed by atoms with van der Waals surface area (Å²) in [5.74, 6) is -11.8. The molecule has 2 rings (SSSR count). The van der Waals surface area contributed by atoms with Gasteiger partial charge in [0.1, 0.15) is 54.4 Å². The fourth-order valence-corrected chi connectivity index (χ4v) is 8.19. The van der Waals surface area contributed by atoms with Crippen molar-refractivity contribution < 1.29 is 72.9 Å². The van der Waals surface area contributed by atoms with E-state index in [1.54, 1.807) is 13.8 Å². The van der Waals surface area contributed by atoms with E-state index in [1.165, 1.54) is 23.6 Å². The van der Waals surface area contributed by atoms with Crippen molar-refractivity contribution in [1.82, 2.24) is 47.0 Å². The molecule has 0 aromatic carbocycles. The van der Waals surface area contributed by atoms with Gasteiger partial charge in [-0.15, -0.1) is 0 Å². The van der Waals surface area contributed by atoms with E-state index in [4.69, 9.17) is 28.7 Å². The third-order valence-corrected chi connectivity index (χ3v) is 12.7. The second-order valence-electron chi connectivity index (χ2n) is 18.7. The van der Waals surface area contributed by atoms with Gasteiger partial charge in [-0.3, -0.25) is 57.7 Å². The molecule has 0 bridgehead atoms. The van der Waals surface area contributed by atoms with E-state index < -0.39 is 163 Å². The molecule has 0 unspecified atom stereocenters. The normalized spacial score (nSPS) is 19.1. The average Bonchev–Trinajstić information content (AvgIpc) is 4.05. The lowest BCUT2D eigenvalue weighted by Gasteiger charge is -2.32. The van der Waals surface area contributed by atoms with Crippen molar-refractivity contribution in [3.8, 4) is 0 Å². The van der Waals surface area contributed by atoms with E-state index in [9.17, 15) is 72.9 Å². The van der Waals surface area contributed by atoms with Crippen molar-refractivity contribution in [2.75, 3.05) is 26.2 Å². The third-order valence-electron chi connectivity index (χ3n) is 12.7. The second kappa shape index (κ2) is 30.9. The van der Waals surface area contributed by atoms with E-state index >= 15 is 0 Å². The number of hydrogen-bond acceptors (Lipinski definition) is 16. The molecule has 12 atom stereocenters. The van der Waals surface area contributed by atoms with Gasteiger partial charge in [-0.2, -0.15) is 0 Å². The summed E-state index contributed by atoms with van der Waals surface area (Å²) in [6.45, 7) is 6.39. The highest BCUT2D eigenvalue weighted by molar-refractivity contribution is 5.99. The Labute approximate surface area is 433 Å². The quantitative estimate of drug-likeness (QED) is 0.0174. The number of likely N-dealkylation sites (tertiary alicyclic amines) is 2. The van der Waals surface area contributed by atoms with Crippen LogP contribution >= 0.6 is 0 Å². The first-order valence-electron chi connectivity index (χ1n) is 24.8. The average molecular weight is 1070 g/mol. The summed E-state index contributed by atoms with van der Waals surface area (Å²) in [5, 5.41) is 46.9. The number of primary amides is 2. The summed E-state index contributed by atoms with van der Waals surface area (Å²) in [7, 11) is 0. The fraction of sp³-hybridized carbons (Fsp3) is 0.711. The fourth-order valence-electron chi connectivity index (χ4n) is 8.19. The molecule has 2 fully saturated rings. The zero-order chi connectivity index (χ0) is 56.9. The van der Waals surface area contributed by atoms with Crippen LogP contribution in [0.4, 0.5) is 0 Å². The van der Waals surface area contributed by atoms with Crippen LogP contribution in [0.5, 0.6) is 0 Å². The molecule has 30 heteroatoms. The number of amides is 11. The molecule has 30 nitrogen and oxygen atoms in total. The van der Waals surface area contributed by atoms with Gasteiger partial charge in [0.25, 0.3) is 0 Å². The number of aliphatic hydroxyl groups excluding tert-OH is 2. The number of guanidine groups is 1. The number of rotatable bonds is 31. The monoisotopic (exact) mass is 1070 g/mol. The molecular formula is C45H77N15O15. The number of aliphatic hydroxyl groups is 2. The Morgan fingerprint density at radius 1 is 0.600 bits per heavy atom. The number of aliphatic carboxylic acids is 1. The third kappa shape index (κ3) is 20.2. The SMILES string of the molecule is CC[C@H](C)[C@H](NC(=O)[C@@H]1CCCN1C(=O)[C@H](CCCN=C(N)N)NC(=O)[C@H](CCC(N)=O)NC(=O)[C@@H]1CCCN1C(=O)[C@H](C)NC(=O)[C@H](C)N)C(=O)N[C@@H](CO)C(=O)N[C@H](C(=O)N[C@@H](CCC(N)=O)C(=O)O)[C@@H](C)O. The molecule has 20 N–H and O–H groups in total. The second-order valence-corrected chi connectivity index (χ2v) is 18.7. The molecule has 75 heavy (non-hydrogen) atoms. The van der Waals surface area contributed by atoms with E-state index in [-0.39, 0.29) is 70.5 Å². The maximum Gasteiger partial charge on any atom is 0.326 e. The minimum Gasteiger partial charge on any atom is -0.480 e. The minimum atomic E-state index is -1.81. The van der Waals surface area contributed by atoms with E-state index in [0.29, 0.717) is 12.8 Å². The van der Waals surface area contributed by atoms with Gasteiger partial charge in [-0.25, -0.2) is 4.79 Å². The summed E-state index contributed by atoms with van der Waals surface area (Å²) in [4.78, 5) is 164. The summed E-state index contributed by atoms with van der Waals surface area (Å²) in [6.07, 6.45) is -1.87. The summed E-state index contributed by atoms with van der Waals surface area (Å²) >= 11 is 0. The molecule has 0 aromatic rings. The summed E-state index contributed by atoms with van der Waals surface area (Å²) in [5.41, 5.74) is 27.1. The summed E-state index contributed by atoms with van der Waals surface area (Å²) in [6, 6.07) is -13.7. The Balaban J connectivity index is 2.35. The number of nitrogens with two attached hydrogens (primary N) is 5. The number of nitrogens with zero attached hydrogens (tertiary/aromatic N) is 3. The lowest BCUT2D eigenvalue weighted by molar-refractivity contribution is -0.144. The molecule has 2 aliphatic heterocycles. The van der Waals surface area contributed by atoms with Gasteiger partial charge in [0.2, 0.25) is 65.0 Å². The van der Waals surface area contributed by atoms with Gasteiger partial charge in [0.15, 0.2) is 5.96 Å². The van der Waals surface area contributed by atoms with Crippen LogP contribution in [0.15, 0.2) is 4.99 Å². The van der Waals surface area contributed by atoms with E-state index in [2.05, 4.69) is 42.2 Å². The van der Waals surface area contributed by atoms with Crippen LogP contribution in [0.1, 0.15) is 105 Å². The molecule has 0 aliphatic carbocycles. The molecule has 2 aliphatic rings. The first-order chi connectivity index (χ1) is 35.1. The Kier molecular flexibility index (Phi) is 26.3. The summed E-state index contributed by atoms with van der Waals surface area (Å²) < 4.78 is 0. The molecule has 422 valence electrons. The number of nitrogens with one attached hydrogen (secondary N) is 7. The largest absolute Gasteiger partial charge is 0.480 e. The molecule has 0 saturated carbocycles.